The standard InChI is InChI=1S/C14H12ClFN2O3/c1-2-17-10-6-4-8-12(14(10)18(19)20)21-11-7-3-5-9(15)13(11)16/h3-8,17H,2H2,1H3. The Morgan fingerprint density at radius 2 is 1.95 bits per heavy atom. The van der Waals surface area contributed by atoms with Crippen molar-refractivity contribution >= 4 is 23.0 Å². The van der Waals surface area contributed by atoms with Gasteiger partial charge in [-0.2, -0.15) is 0 Å². The third kappa shape index (κ3) is 3.22. The van der Waals surface area contributed by atoms with E-state index in [0.29, 0.717) is 12.2 Å². The number of hydrogen-bond acceptors (Lipinski definition) is 4. The molecule has 0 fully saturated rings. The second kappa shape index (κ2) is 6.41. The van der Waals surface area contributed by atoms with Gasteiger partial charge in [0.2, 0.25) is 5.75 Å². The molecule has 0 radical (unpaired) electrons. The molecule has 0 aromatic heterocycles. The van der Waals surface area contributed by atoms with Crippen molar-refractivity contribution in [2.45, 2.75) is 6.92 Å². The highest BCUT2D eigenvalue weighted by Crippen LogP contribution is 2.38. The van der Waals surface area contributed by atoms with Crippen molar-refractivity contribution in [3.05, 3.63) is 57.4 Å². The maximum absolute atomic E-state index is 13.8. The van der Waals surface area contributed by atoms with Crippen LogP contribution in [0, 0.1) is 15.9 Å². The molecule has 0 aliphatic heterocycles. The van der Waals surface area contributed by atoms with Crippen LogP contribution in [0.15, 0.2) is 36.4 Å². The Kier molecular flexibility index (Phi) is 4.59. The molecule has 0 saturated carbocycles. The van der Waals surface area contributed by atoms with Gasteiger partial charge in [-0.1, -0.05) is 23.7 Å². The molecule has 2 rings (SSSR count). The third-order valence-electron chi connectivity index (χ3n) is 2.68. The molecule has 0 amide bonds. The highest BCUT2D eigenvalue weighted by Gasteiger charge is 2.22. The molecule has 0 saturated heterocycles. The highest BCUT2D eigenvalue weighted by molar-refractivity contribution is 6.30. The Morgan fingerprint density at radius 1 is 1.29 bits per heavy atom. The molecule has 1 N–H and O–H groups in total. The number of nitro benzene ring substituents is 1. The van der Waals surface area contributed by atoms with Crippen LogP contribution in [0.25, 0.3) is 0 Å². The van der Waals surface area contributed by atoms with Gasteiger partial charge in [0.1, 0.15) is 5.69 Å². The average molecular weight is 311 g/mol. The zero-order chi connectivity index (χ0) is 15.4. The minimum atomic E-state index is -0.762. The summed E-state index contributed by atoms with van der Waals surface area (Å²) in [7, 11) is 0. The molecule has 0 spiro atoms. The Balaban J connectivity index is 2.46. The second-order valence-corrected chi connectivity index (χ2v) is 4.50. The molecule has 0 aliphatic carbocycles. The SMILES string of the molecule is CCNc1cccc(Oc2cccc(Cl)c2F)c1[N+](=O)[O-]. The number of hydrogen-bond donors (Lipinski definition) is 1. The van der Waals surface area contributed by atoms with E-state index in [2.05, 4.69) is 5.32 Å². The van der Waals surface area contributed by atoms with E-state index in [-0.39, 0.29) is 22.2 Å². The molecular weight excluding hydrogens is 299 g/mol. The molecule has 0 heterocycles. The molecule has 2 aromatic carbocycles. The van der Waals surface area contributed by atoms with Crippen molar-refractivity contribution < 1.29 is 14.1 Å². The van der Waals surface area contributed by atoms with Gasteiger partial charge in [-0.15, -0.1) is 0 Å². The average Bonchev–Trinajstić information content (AvgIpc) is 2.44. The number of nitrogens with zero attached hydrogens (tertiary/aromatic N) is 1. The molecule has 2 aromatic rings. The lowest BCUT2D eigenvalue weighted by molar-refractivity contribution is -0.384. The van der Waals surface area contributed by atoms with E-state index in [1.807, 2.05) is 6.92 Å². The quantitative estimate of drug-likeness (QED) is 0.647. The van der Waals surface area contributed by atoms with Gasteiger partial charge in [0, 0.05) is 6.54 Å². The van der Waals surface area contributed by atoms with E-state index in [9.17, 15) is 14.5 Å². The number of nitrogens with one attached hydrogen (secondary N) is 1. The summed E-state index contributed by atoms with van der Waals surface area (Å²) in [5, 5.41) is 14.0. The van der Waals surface area contributed by atoms with Crippen LogP contribution in [-0.4, -0.2) is 11.5 Å². The van der Waals surface area contributed by atoms with Crippen molar-refractivity contribution in [3.63, 3.8) is 0 Å². The summed E-state index contributed by atoms with van der Waals surface area (Å²) in [6, 6.07) is 8.77. The molecule has 0 aliphatic rings. The molecule has 21 heavy (non-hydrogen) atoms. The number of benzene rings is 2. The fourth-order valence-corrected chi connectivity index (χ4v) is 1.97. The summed E-state index contributed by atoms with van der Waals surface area (Å²) >= 11 is 5.66. The van der Waals surface area contributed by atoms with Crippen LogP contribution in [0.3, 0.4) is 0 Å². The lowest BCUT2D eigenvalue weighted by Gasteiger charge is -2.11. The number of halogens is 2. The van der Waals surface area contributed by atoms with Crippen LogP contribution in [0.4, 0.5) is 15.8 Å². The number of ether oxygens (including phenoxy) is 1. The Labute approximate surface area is 125 Å². The van der Waals surface area contributed by atoms with E-state index in [0.717, 1.165) is 0 Å². The summed E-state index contributed by atoms with van der Waals surface area (Å²) < 4.78 is 19.2. The monoisotopic (exact) mass is 310 g/mol. The highest BCUT2D eigenvalue weighted by atomic mass is 35.5. The predicted molar refractivity (Wildman–Crippen MR) is 78.7 cm³/mol. The maximum atomic E-state index is 13.8. The van der Waals surface area contributed by atoms with Gasteiger partial charge < -0.3 is 10.1 Å². The van der Waals surface area contributed by atoms with Crippen molar-refractivity contribution in [2.75, 3.05) is 11.9 Å². The first-order valence-electron chi connectivity index (χ1n) is 6.17. The lowest BCUT2D eigenvalue weighted by Crippen LogP contribution is -2.03. The smallest absolute Gasteiger partial charge is 0.334 e. The summed E-state index contributed by atoms with van der Waals surface area (Å²) in [5.74, 6) is -0.985. The number of rotatable bonds is 5. The van der Waals surface area contributed by atoms with Gasteiger partial charge in [-0.3, -0.25) is 10.1 Å². The largest absolute Gasteiger partial charge is 0.447 e. The van der Waals surface area contributed by atoms with Crippen LogP contribution in [0.5, 0.6) is 11.5 Å². The molecule has 110 valence electrons. The fourth-order valence-electron chi connectivity index (χ4n) is 1.81. The Morgan fingerprint density at radius 3 is 2.62 bits per heavy atom. The zero-order valence-electron chi connectivity index (χ0n) is 11.1. The van der Waals surface area contributed by atoms with E-state index in [4.69, 9.17) is 16.3 Å². The maximum Gasteiger partial charge on any atom is 0.334 e. The minimum absolute atomic E-state index is 0.0559. The number of para-hydroxylation sites is 1. The molecule has 7 heteroatoms. The Hall–Kier alpha value is -2.34. The lowest BCUT2D eigenvalue weighted by atomic mass is 10.2. The fraction of sp³-hybridized carbons (Fsp3) is 0.143. The first kappa shape index (κ1) is 15.1. The topological polar surface area (TPSA) is 64.4 Å². The molecule has 0 bridgehead atoms. The van der Waals surface area contributed by atoms with Gasteiger partial charge >= 0.3 is 5.69 Å². The van der Waals surface area contributed by atoms with E-state index >= 15 is 0 Å². The predicted octanol–water partition coefficient (Wildman–Crippen LogP) is 4.61. The molecular formula is C14H12ClFN2O3. The minimum Gasteiger partial charge on any atom is -0.447 e. The summed E-state index contributed by atoms with van der Waals surface area (Å²) in [6.45, 7) is 2.32. The van der Waals surface area contributed by atoms with Crippen molar-refractivity contribution in [1.82, 2.24) is 0 Å². The normalized spacial score (nSPS) is 10.2. The number of anilines is 1. The molecule has 5 nitrogen and oxygen atoms in total. The van der Waals surface area contributed by atoms with E-state index in [1.165, 1.54) is 24.3 Å². The van der Waals surface area contributed by atoms with Gasteiger partial charge in [0.15, 0.2) is 11.6 Å². The van der Waals surface area contributed by atoms with Crippen molar-refractivity contribution in [1.29, 1.82) is 0 Å². The zero-order valence-corrected chi connectivity index (χ0v) is 11.9. The van der Waals surface area contributed by atoms with Crippen molar-refractivity contribution in [2.24, 2.45) is 0 Å². The van der Waals surface area contributed by atoms with Crippen LogP contribution in [0.2, 0.25) is 5.02 Å². The van der Waals surface area contributed by atoms with Gasteiger partial charge in [-0.25, -0.2) is 4.39 Å². The molecule has 0 atom stereocenters. The third-order valence-corrected chi connectivity index (χ3v) is 2.98. The summed E-state index contributed by atoms with van der Waals surface area (Å²) in [4.78, 5) is 10.7. The van der Waals surface area contributed by atoms with Crippen molar-refractivity contribution in [3.8, 4) is 11.5 Å². The van der Waals surface area contributed by atoms with E-state index < -0.39 is 10.7 Å². The van der Waals surface area contributed by atoms with Crippen LogP contribution in [-0.2, 0) is 0 Å². The van der Waals surface area contributed by atoms with Gasteiger partial charge in [0.25, 0.3) is 0 Å². The van der Waals surface area contributed by atoms with Gasteiger partial charge in [-0.05, 0) is 31.2 Å². The van der Waals surface area contributed by atoms with Crippen LogP contribution < -0.4 is 10.1 Å². The van der Waals surface area contributed by atoms with E-state index in [1.54, 1.807) is 12.1 Å². The second-order valence-electron chi connectivity index (χ2n) is 4.09. The van der Waals surface area contributed by atoms with Crippen LogP contribution in [0.1, 0.15) is 6.92 Å². The van der Waals surface area contributed by atoms with Crippen LogP contribution >= 0.6 is 11.6 Å². The first-order valence-corrected chi connectivity index (χ1v) is 6.55. The first-order chi connectivity index (χ1) is 10.0. The summed E-state index contributed by atoms with van der Waals surface area (Å²) in [6.07, 6.45) is 0. The van der Waals surface area contributed by atoms with Gasteiger partial charge in [0.05, 0.1) is 9.95 Å². The number of nitro groups is 1. The molecule has 0 unspecified atom stereocenters. The summed E-state index contributed by atoms with van der Waals surface area (Å²) in [5.41, 5.74) is 0.0566. The Bertz CT molecular complexity index is 679.